The Morgan fingerprint density at radius 3 is 2.67 bits per heavy atom. The lowest BCUT2D eigenvalue weighted by Gasteiger charge is -2.10. The van der Waals surface area contributed by atoms with Gasteiger partial charge in [-0.2, -0.15) is 0 Å². The lowest BCUT2D eigenvalue weighted by Crippen LogP contribution is -2.27. The Morgan fingerprint density at radius 2 is 2.00 bits per heavy atom. The molecule has 6 heteroatoms. The highest BCUT2D eigenvalue weighted by atomic mass is 32.2. The zero-order valence-electron chi connectivity index (χ0n) is 11.9. The number of carboxylic acids is 1. The first-order valence-electron chi connectivity index (χ1n) is 7.26. The summed E-state index contributed by atoms with van der Waals surface area (Å²) in [5.74, 6) is -0.592. The number of benzene rings is 1. The van der Waals surface area contributed by atoms with Crippen molar-refractivity contribution in [3.8, 4) is 0 Å². The molecule has 1 saturated carbocycles. The highest BCUT2D eigenvalue weighted by Crippen LogP contribution is 2.27. The molecule has 0 heterocycles. The van der Waals surface area contributed by atoms with Crippen LogP contribution in [0.5, 0.6) is 0 Å². The van der Waals surface area contributed by atoms with E-state index in [1.165, 1.54) is 37.8 Å². The van der Waals surface area contributed by atoms with Crippen LogP contribution in [0.15, 0.2) is 24.3 Å². The number of hydrogen-bond acceptors (Lipinski definition) is 3. The van der Waals surface area contributed by atoms with Crippen LogP contribution in [0, 0.1) is 5.92 Å². The molecule has 1 fully saturated rings. The summed E-state index contributed by atoms with van der Waals surface area (Å²) in [6.45, 7) is 0.464. The van der Waals surface area contributed by atoms with Gasteiger partial charge < -0.3 is 5.11 Å². The lowest BCUT2D eigenvalue weighted by atomic mass is 10.1. The number of hydrogen-bond donors (Lipinski definition) is 2. The summed E-state index contributed by atoms with van der Waals surface area (Å²) in [4.78, 5) is 10.9. The van der Waals surface area contributed by atoms with Crippen molar-refractivity contribution in [3.05, 3.63) is 35.4 Å². The molecular formula is C15H21NO4S. The van der Waals surface area contributed by atoms with Gasteiger partial charge in [-0.15, -0.1) is 0 Å². The Morgan fingerprint density at radius 1 is 1.29 bits per heavy atom. The predicted molar refractivity (Wildman–Crippen MR) is 80.6 cm³/mol. The van der Waals surface area contributed by atoms with Crippen LogP contribution in [0.25, 0.3) is 0 Å². The van der Waals surface area contributed by atoms with E-state index < -0.39 is 16.0 Å². The molecule has 1 aromatic carbocycles. The second kappa shape index (κ2) is 7.04. The summed E-state index contributed by atoms with van der Waals surface area (Å²) in [6, 6.07) is 6.04. The van der Waals surface area contributed by atoms with Crippen molar-refractivity contribution in [2.75, 3.05) is 6.54 Å². The number of sulfonamides is 1. The molecule has 1 aromatic rings. The highest BCUT2D eigenvalue weighted by molar-refractivity contribution is 7.88. The smallest absolute Gasteiger partial charge is 0.335 e. The van der Waals surface area contributed by atoms with Crippen LogP contribution in [-0.2, 0) is 15.8 Å². The maximum absolute atomic E-state index is 12.0. The predicted octanol–water partition coefficient (Wildman–Crippen LogP) is 2.38. The molecule has 0 unspecified atom stereocenters. The Labute approximate surface area is 125 Å². The Hall–Kier alpha value is -1.40. The fourth-order valence-electron chi connectivity index (χ4n) is 2.78. The van der Waals surface area contributed by atoms with Gasteiger partial charge in [-0.05, 0) is 30.0 Å². The molecule has 0 bridgehead atoms. The number of aromatic carboxylic acids is 1. The Balaban J connectivity index is 1.87. The van der Waals surface area contributed by atoms with Gasteiger partial charge in [-0.1, -0.05) is 37.8 Å². The average Bonchev–Trinajstić information content (AvgIpc) is 2.91. The van der Waals surface area contributed by atoms with E-state index in [2.05, 4.69) is 4.72 Å². The van der Waals surface area contributed by atoms with Crippen molar-refractivity contribution >= 4 is 16.0 Å². The minimum absolute atomic E-state index is 0.105. The van der Waals surface area contributed by atoms with E-state index in [1.54, 1.807) is 12.1 Å². The number of rotatable bonds is 7. The molecule has 0 amide bonds. The molecule has 21 heavy (non-hydrogen) atoms. The molecule has 0 radical (unpaired) electrons. The van der Waals surface area contributed by atoms with Crippen molar-refractivity contribution in [1.82, 2.24) is 4.72 Å². The van der Waals surface area contributed by atoms with Crippen molar-refractivity contribution in [3.63, 3.8) is 0 Å². The molecule has 0 aromatic heterocycles. The van der Waals surface area contributed by atoms with Crippen LogP contribution in [0.2, 0.25) is 0 Å². The molecule has 2 N–H and O–H groups in total. The molecule has 1 aliphatic rings. The van der Waals surface area contributed by atoms with E-state index in [4.69, 9.17) is 5.11 Å². The third-order valence-electron chi connectivity index (χ3n) is 3.88. The first kappa shape index (κ1) is 16.0. The van der Waals surface area contributed by atoms with E-state index in [1.807, 2.05) is 0 Å². The topological polar surface area (TPSA) is 83.5 Å². The van der Waals surface area contributed by atoms with Crippen molar-refractivity contribution < 1.29 is 18.3 Å². The van der Waals surface area contributed by atoms with Crippen molar-refractivity contribution in [1.29, 1.82) is 0 Å². The second-order valence-electron chi connectivity index (χ2n) is 5.60. The van der Waals surface area contributed by atoms with Crippen LogP contribution in [0.4, 0.5) is 0 Å². The zero-order chi connectivity index (χ0) is 15.3. The van der Waals surface area contributed by atoms with Crippen molar-refractivity contribution in [2.24, 2.45) is 5.92 Å². The number of nitrogens with one attached hydrogen (secondary N) is 1. The lowest BCUT2D eigenvalue weighted by molar-refractivity contribution is 0.0696. The quantitative estimate of drug-likeness (QED) is 0.810. The Bertz CT molecular complexity index is 591. The first-order valence-corrected chi connectivity index (χ1v) is 8.91. The van der Waals surface area contributed by atoms with Gasteiger partial charge in [0, 0.05) is 6.54 Å². The van der Waals surface area contributed by atoms with E-state index in [-0.39, 0.29) is 11.3 Å². The van der Waals surface area contributed by atoms with Gasteiger partial charge in [0.1, 0.15) is 0 Å². The van der Waals surface area contributed by atoms with E-state index in [9.17, 15) is 13.2 Å². The summed E-state index contributed by atoms with van der Waals surface area (Å²) >= 11 is 0. The molecule has 0 spiro atoms. The van der Waals surface area contributed by atoms with Gasteiger partial charge >= 0.3 is 5.97 Å². The molecular weight excluding hydrogens is 290 g/mol. The van der Waals surface area contributed by atoms with E-state index >= 15 is 0 Å². The second-order valence-corrected chi connectivity index (χ2v) is 7.40. The summed E-state index contributed by atoms with van der Waals surface area (Å²) in [6.07, 6.45) is 5.78. The molecule has 1 aliphatic carbocycles. The fraction of sp³-hybridized carbons (Fsp3) is 0.533. The van der Waals surface area contributed by atoms with E-state index in [0.717, 1.165) is 6.42 Å². The van der Waals surface area contributed by atoms with Crippen LogP contribution >= 0.6 is 0 Å². The van der Waals surface area contributed by atoms with Gasteiger partial charge in [-0.25, -0.2) is 17.9 Å². The molecule has 0 saturated heterocycles. The minimum atomic E-state index is -3.41. The number of carboxylic acid groups (broad SMARTS) is 1. The van der Waals surface area contributed by atoms with Gasteiger partial charge in [-0.3, -0.25) is 0 Å². The normalized spacial score (nSPS) is 16.2. The first-order chi connectivity index (χ1) is 9.96. The van der Waals surface area contributed by atoms with Crippen LogP contribution < -0.4 is 4.72 Å². The molecule has 2 rings (SSSR count). The largest absolute Gasteiger partial charge is 0.478 e. The summed E-state index contributed by atoms with van der Waals surface area (Å²) in [5, 5.41) is 8.91. The maximum Gasteiger partial charge on any atom is 0.335 e. The highest BCUT2D eigenvalue weighted by Gasteiger charge is 2.17. The summed E-state index contributed by atoms with van der Waals surface area (Å²) in [7, 11) is -3.41. The maximum atomic E-state index is 12.0. The Kier molecular flexibility index (Phi) is 5.36. The third-order valence-corrected chi connectivity index (χ3v) is 5.24. The van der Waals surface area contributed by atoms with Gasteiger partial charge in [0.2, 0.25) is 10.0 Å². The molecule has 0 aliphatic heterocycles. The minimum Gasteiger partial charge on any atom is -0.478 e. The zero-order valence-corrected chi connectivity index (χ0v) is 12.7. The average molecular weight is 311 g/mol. The molecule has 5 nitrogen and oxygen atoms in total. The van der Waals surface area contributed by atoms with E-state index in [0.29, 0.717) is 18.0 Å². The van der Waals surface area contributed by atoms with Gasteiger partial charge in [0.25, 0.3) is 0 Å². The van der Waals surface area contributed by atoms with Crippen LogP contribution in [-0.4, -0.2) is 26.0 Å². The fourth-order valence-corrected chi connectivity index (χ4v) is 3.93. The van der Waals surface area contributed by atoms with Gasteiger partial charge in [0.05, 0.1) is 11.3 Å². The van der Waals surface area contributed by atoms with Gasteiger partial charge in [0.15, 0.2) is 0 Å². The summed E-state index contributed by atoms with van der Waals surface area (Å²) < 4.78 is 26.6. The number of carbonyl (C=O) groups is 1. The third kappa shape index (κ3) is 5.13. The standard InChI is InChI=1S/C15H21NO4S/c17-15(18)14-7-3-6-13(10-14)11-21(19,20)16-9-8-12-4-1-2-5-12/h3,6-7,10,12,16H,1-2,4-5,8-9,11H2,(H,17,18). The van der Waals surface area contributed by atoms with Crippen LogP contribution in [0.3, 0.4) is 0 Å². The molecule has 0 atom stereocenters. The van der Waals surface area contributed by atoms with Crippen molar-refractivity contribution in [2.45, 2.75) is 37.9 Å². The SMILES string of the molecule is O=C(O)c1cccc(CS(=O)(=O)NCCC2CCCC2)c1. The molecule has 116 valence electrons. The van der Waals surface area contributed by atoms with Crippen LogP contribution in [0.1, 0.15) is 48.0 Å². The monoisotopic (exact) mass is 311 g/mol. The summed E-state index contributed by atoms with van der Waals surface area (Å²) in [5.41, 5.74) is 0.594.